The van der Waals surface area contributed by atoms with E-state index in [2.05, 4.69) is 16.4 Å². The summed E-state index contributed by atoms with van der Waals surface area (Å²) in [6.07, 6.45) is 1.00. The zero-order valence-electron chi connectivity index (χ0n) is 10.7. The Labute approximate surface area is 107 Å². The summed E-state index contributed by atoms with van der Waals surface area (Å²) in [5.74, 6) is 0.691. The Kier molecular flexibility index (Phi) is 3.80. The van der Waals surface area contributed by atoms with Gasteiger partial charge in [-0.15, -0.1) is 0 Å². The molecule has 0 aliphatic heterocycles. The number of hydrogen-bond acceptors (Lipinski definition) is 5. The number of pyridine rings is 1. The van der Waals surface area contributed by atoms with Crippen molar-refractivity contribution in [2.45, 2.75) is 38.5 Å². The smallest absolute Gasteiger partial charge is 0.127 e. The monoisotopic (exact) mass is 246 g/mol. The van der Waals surface area contributed by atoms with E-state index in [-0.39, 0.29) is 18.2 Å². The van der Waals surface area contributed by atoms with Crippen molar-refractivity contribution in [1.29, 1.82) is 5.26 Å². The van der Waals surface area contributed by atoms with Gasteiger partial charge in [-0.1, -0.05) is 0 Å². The van der Waals surface area contributed by atoms with Crippen LogP contribution in [0.1, 0.15) is 24.6 Å². The van der Waals surface area contributed by atoms with Gasteiger partial charge in [0.25, 0.3) is 0 Å². The van der Waals surface area contributed by atoms with Gasteiger partial charge < -0.3 is 15.8 Å². The second-order valence-electron chi connectivity index (χ2n) is 4.56. The fourth-order valence-corrected chi connectivity index (χ4v) is 2.20. The van der Waals surface area contributed by atoms with Crippen molar-refractivity contribution in [2.75, 3.05) is 11.9 Å². The van der Waals surface area contributed by atoms with E-state index in [4.69, 9.17) is 15.7 Å². The number of nitriles is 1. The Balaban J connectivity index is 2.09. The highest BCUT2D eigenvalue weighted by atomic mass is 16.5. The van der Waals surface area contributed by atoms with E-state index in [0.29, 0.717) is 18.0 Å². The number of anilines is 1. The first-order chi connectivity index (χ1) is 8.63. The van der Waals surface area contributed by atoms with Gasteiger partial charge in [-0.2, -0.15) is 5.26 Å². The number of nitrogens with one attached hydrogen (secondary N) is 1. The predicted molar refractivity (Wildman–Crippen MR) is 69.1 cm³/mol. The molecule has 0 amide bonds. The molecule has 96 valence electrons. The lowest BCUT2D eigenvalue weighted by Gasteiger charge is -2.42. The van der Waals surface area contributed by atoms with Gasteiger partial charge in [0, 0.05) is 18.3 Å². The van der Waals surface area contributed by atoms with Crippen LogP contribution in [0, 0.1) is 18.3 Å². The minimum atomic E-state index is 0.0748. The molecule has 1 aliphatic rings. The maximum Gasteiger partial charge on any atom is 0.127 e. The first-order valence-electron chi connectivity index (χ1n) is 6.16. The number of nitrogens with two attached hydrogens (primary N) is 1. The Bertz CT molecular complexity index is 467. The Morgan fingerprint density at radius 2 is 2.39 bits per heavy atom. The second-order valence-corrected chi connectivity index (χ2v) is 4.56. The minimum absolute atomic E-state index is 0.0748. The van der Waals surface area contributed by atoms with Gasteiger partial charge in [0.05, 0.1) is 23.8 Å². The van der Waals surface area contributed by atoms with Gasteiger partial charge in [-0.05, 0) is 32.4 Å². The highest BCUT2D eigenvalue weighted by Gasteiger charge is 2.39. The van der Waals surface area contributed by atoms with Crippen LogP contribution < -0.4 is 11.1 Å². The van der Waals surface area contributed by atoms with Crippen molar-refractivity contribution >= 4 is 5.82 Å². The van der Waals surface area contributed by atoms with E-state index in [9.17, 15) is 0 Å². The molecule has 0 spiro atoms. The number of aromatic nitrogens is 1. The Hall–Kier alpha value is -1.64. The first kappa shape index (κ1) is 12.8. The van der Waals surface area contributed by atoms with Crippen LogP contribution in [-0.4, -0.2) is 29.8 Å². The lowest BCUT2D eigenvalue weighted by molar-refractivity contribution is -0.0127. The van der Waals surface area contributed by atoms with Gasteiger partial charge >= 0.3 is 0 Å². The van der Waals surface area contributed by atoms with Crippen molar-refractivity contribution in [2.24, 2.45) is 5.73 Å². The highest BCUT2D eigenvalue weighted by Crippen LogP contribution is 2.26. The van der Waals surface area contributed by atoms with E-state index in [1.165, 1.54) is 0 Å². The molecule has 5 nitrogen and oxygen atoms in total. The fraction of sp³-hybridized carbons (Fsp3) is 0.538. The Morgan fingerprint density at radius 3 is 3.00 bits per heavy atom. The van der Waals surface area contributed by atoms with Crippen molar-refractivity contribution in [3.05, 3.63) is 23.4 Å². The van der Waals surface area contributed by atoms with Crippen LogP contribution in [0.3, 0.4) is 0 Å². The molecule has 3 atom stereocenters. The zero-order valence-corrected chi connectivity index (χ0v) is 10.7. The summed E-state index contributed by atoms with van der Waals surface area (Å²) >= 11 is 0. The number of aryl methyl sites for hydroxylation is 1. The molecule has 0 saturated heterocycles. The molecule has 0 bridgehead atoms. The van der Waals surface area contributed by atoms with Crippen LogP contribution in [0.2, 0.25) is 0 Å². The fourth-order valence-electron chi connectivity index (χ4n) is 2.20. The van der Waals surface area contributed by atoms with E-state index >= 15 is 0 Å². The van der Waals surface area contributed by atoms with Crippen molar-refractivity contribution in [3.63, 3.8) is 0 Å². The summed E-state index contributed by atoms with van der Waals surface area (Å²) in [6, 6.07) is 5.77. The molecule has 1 aromatic heterocycles. The molecule has 1 aromatic rings. The molecule has 1 saturated carbocycles. The van der Waals surface area contributed by atoms with Crippen molar-refractivity contribution in [3.8, 4) is 6.07 Å². The summed E-state index contributed by atoms with van der Waals surface area (Å²) in [5.41, 5.74) is 7.38. The first-order valence-corrected chi connectivity index (χ1v) is 6.16. The highest BCUT2D eigenvalue weighted by molar-refractivity contribution is 5.46. The summed E-state index contributed by atoms with van der Waals surface area (Å²) < 4.78 is 5.58. The van der Waals surface area contributed by atoms with Crippen LogP contribution in [0.4, 0.5) is 5.82 Å². The molecule has 18 heavy (non-hydrogen) atoms. The number of ether oxygens (including phenoxy) is 1. The molecule has 2 rings (SSSR count). The molecular formula is C13H18N4O. The largest absolute Gasteiger partial charge is 0.376 e. The van der Waals surface area contributed by atoms with Gasteiger partial charge in [-0.25, -0.2) is 4.98 Å². The SMILES string of the molecule is CCOC1CC(N)C1Nc1cc(C#N)cc(C)n1. The third kappa shape index (κ3) is 2.61. The molecule has 0 aromatic carbocycles. The van der Waals surface area contributed by atoms with E-state index in [1.54, 1.807) is 12.1 Å². The minimum Gasteiger partial charge on any atom is -0.376 e. The molecule has 3 N–H and O–H groups in total. The Morgan fingerprint density at radius 1 is 1.61 bits per heavy atom. The van der Waals surface area contributed by atoms with E-state index in [1.807, 2.05) is 13.8 Å². The predicted octanol–water partition coefficient (Wildman–Crippen LogP) is 1.18. The van der Waals surface area contributed by atoms with Crippen LogP contribution >= 0.6 is 0 Å². The topological polar surface area (TPSA) is 84.0 Å². The lowest BCUT2D eigenvalue weighted by Crippen LogP contribution is -2.60. The van der Waals surface area contributed by atoms with E-state index < -0.39 is 0 Å². The molecule has 1 fully saturated rings. The molecule has 1 aliphatic carbocycles. The summed E-state index contributed by atoms with van der Waals surface area (Å²) in [6.45, 7) is 4.52. The summed E-state index contributed by atoms with van der Waals surface area (Å²) in [5, 5.41) is 12.2. The average molecular weight is 246 g/mol. The molecule has 3 unspecified atom stereocenters. The average Bonchev–Trinajstić information content (AvgIpc) is 2.35. The summed E-state index contributed by atoms with van der Waals surface area (Å²) in [7, 11) is 0. The number of rotatable bonds is 4. The molecule has 0 radical (unpaired) electrons. The number of hydrogen-bond donors (Lipinski definition) is 2. The molecule has 5 heteroatoms. The van der Waals surface area contributed by atoms with Crippen molar-refractivity contribution in [1.82, 2.24) is 4.98 Å². The van der Waals surface area contributed by atoms with Gasteiger partial charge in [0.2, 0.25) is 0 Å². The van der Waals surface area contributed by atoms with Gasteiger partial charge in [0.15, 0.2) is 0 Å². The number of nitrogens with zero attached hydrogens (tertiary/aromatic N) is 2. The van der Waals surface area contributed by atoms with Crippen molar-refractivity contribution < 1.29 is 4.74 Å². The van der Waals surface area contributed by atoms with Gasteiger partial charge in [0.1, 0.15) is 5.82 Å². The van der Waals surface area contributed by atoms with Crippen LogP contribution in [0.15, 0.2) is 12.1 Å². The maximum atomic E-state index is 8.93. The second kappa shape index (κ2) is 5.34. The normalized spacial score (nSPS) is 26.2. The van der Waals surface area contributed by atoms with Gasteiger partial charge in [-0.3, -0.25) is 0 Å². The summed E-state index contributed by atoms with van der Waals surface area (Å²) in [4.78, 5) is 4.36. The lowest BCUT2D eigenvalue weighted by atomic mass is 9.83. The van der Waals surface area contributed by atoms with E-state index in [0.717, 1.165) is 12.1 Å². The standard InChI is InChI=1S/C13H18N4O/c1-3-18-11-6-10(15)13(11)17-12-5-9(7-14)4-8(2)16-12/h4-5,10-11,13H,3,6,15H2,1-2H3,(H,16,17). The van der Waals surface area contributed by atoms with Crippen LogP contribution in [-0.2, 0) is 4.74 Å². The third-order valence-corrected chi connectivity index (χ3v) is 3.14. The quantitative estimate of drug-likeness (QED) is 0.833. The van der Waals surface area contributed by atoms with Crippen LogP contribution in [0.5, 0.6) is 0 Å². The zero-order chi connectivity index (χ0) is 13.1. The molecule has 1 heterocycles. The van der Waals surface area contributed by atoms with Crippen LogP contribution in [0.25, 0.3) is 0 Å². The maximum absolute atomic E-state index is 8.93. The molecular weight excluding hydrogens is 228 g/mol. The third-order valence-electron chi connectivity index (χ3n) is 3.14.